The Balaban J connectivity index is 2.11. The van der Waals surface area contributed by atoms with E-state index < -0.39 is 28.7 Å². The number of nitrogens with zero attached hydrogens (tertiary/aromatic N) is 3. The van der Waals surface area contributed by atoms with Crippen molar-refractivity contribution in [3.63, 3.8) is 0 Å². The number of halogens is 3. The molecule has 0 saturated carbocycles. The average molecular weight is 385 g/mol. The number of amides is 1. The van der Waals surface area contributed by atoms with Gasteiger partial charge >= 0.3 is 6.18 Å². The molecule has 0 spiro atoms. The van der Waals surface area contributed by atoms with Crippen LogP contribution < -0.4 is 9.80 Å². The minimum Gasteiger partial charge on any atom is -0.313 e. The van der Waals surface area contributed by atoms with Gasteiger partial charge < -0.3 is 4.90 Å². The van der Waals surface area contributed by atoms with Crippen molar-refractivity contribution in [3.05, 3.63) is 71.6 Å². The fourth-order valence-electron chi connectivity index (χ4n) is 3.34. The number of rotatable bonds is 2. The molecule has 0 unspecified atom stereocenters. The molecule has 1 aliphatic rings. The molecule has 0 radical (unpaired) electrons. The van der Waals surface area contributed by atoms with Gasteiger partial charge in [-0.1, -0.05) is 24.3 Å². The largest absolute Gasteiger partial charge is 0.417 e. The highest BCUT2D eigenvalue weighted by Gasteiger charge is 2.49. The second kappa shape index (κ2) is 6.41. The summed E-state index contributed by atoms with van der Waals surface area (Å²) in [4.78, 5) is 15.9. The van der Waals surface area contributed by atoms with Crippen LogP contribution in [0.3, 0.4) is 0 Å². The van der Waals surface area contributed by atoms with Crippen molar-refractivity contribution in [1.29, 1.82) is 5.26 Å². The second-order valence-electron chi connectivity index (χ2n) is 7.13. The van der Waals surface area contributed by atoms with Crippen molar-refractivity contribution < 1.29 is 18.0 Å². The lowest BCUT2D eigenvalue weighted by Crippen LogP contribution is -2.43. The van der Waals surface area contributed by atoms with E-state index in [-0.39, 0.29) is 11.5 Å². The van der Waals surface area contributed by atoms with E-state index in [9.17, 15) is 18.0 Å². The molecule has 144 valence electrons. The first-order valence-corrected chi connectivity index (χ1v) is 8.50. The van der Waals surface area contributed by atoms with E-state index in [1.165, 1.54) is 6.07 Å². The molecule has 0 aromatic heterocycles. The summed E-state index contributed by atoms with van der Waals surface area (Å²) in [5, 5.41) is 8.98. The number of anilines is 2. The summed E-state index contributed by atoms with van der Waals surface area (Å²) in [6, 6.07) is 12.2. The first-order valence-electron chi connectivity index (χ1n) is 8.50. The van der Waals surface area contributed by atoms with Crippen LogP contribution in [0.25, 0.3) is 0 Å². The van der Waals surface area contributed by atoms with Crippen molar-refractivity contribution >= 4 is 17.3 Å². The molecule has 1 aliphatic heterocycles. The lowest BCUT2D eigenvalue weighted by atomic mass is 10.0. The molecule has 2 aromatic carbocycles. The molecule has 0 bridgehead atoms. The van der Waals surface area contributed by atoms with Crippen molar-refractivity contribution in [2.24, 2.45) is 0 Å². The molecule has 3 rings (SSSR count). The molecule has 1 heterocycles. The zero-order valence-electron chi connectivity index (χ0n) is 15.6. The topological polar surface area (TPSA) is 47.3 Å². The lowest BCUT2D eigenvalue weighted by molar-refractivity contribution is -0.137. The summed E-state index contributed by atoms with van der Waals surface area (Å²) in [5.41, 5.74) is -0.858. The summed E-state index contributed by atoms with van der Waals surface area (Å²) in [6.07, 6.45) is -4.71. The monoisotopic (exact) mass is 385 g/mol. The van der Waals surface area contributed by atoms with Crippen molar-refractivity contribution in [3.8, 4) is 6.07 Å². The molecular weight excluding hydrogens is 367 g/mol. The zero-order chi connectivity index (χ0) is 20.9. The smallest absolute Gasteiger partial charge is 0.313 e. The number of hydrogen-bond donors (Lipinski definition) is 0. The number of hydrogen-bond acceptors (Lipinski definition) is 3. The number of carbonyl (C=O) groups excluding carboxylic acids is 1. The maximum atomic E-state index is 13.3. The van der Waals surface area contributed by atoms with E-state index >= 15 is 0 Å². The van der Waals surface area contributed by atoms with E-state index in [1.54, 1.807) is 24.8 Å². The Morgan fingerprint density at radius 3 is 2.18 bits per heavy atom. The van der Waals surface area contributed by atoms with Crippen molar-refractivity contribution in [2.75, 3.05) is 9.80 Å². The highest BCUT2D eigenvalue weighted by molar-refractivity contribution is 6.09. The molecule has 1 amide bonds. The summed E-state index contributed by atoms with van der Waals surface area (Å²) >= 11 is 0. The van der Waals surface area contributed by atoms with Gasteiger partial charge in [-0.15, -0.1) is 0 Å². The van der Waals surface area contributed by atoms with Gasteiger partial charge in [0.2, 0.25) is 0 Å². The normalized spacial score (nSPS) is 16.5. The summed E-state index contributed by atoms with van der Waals surface area (Å²) in [6.45, 7) is 9.27. The number of aryl methyl sites for hydroxylation is 1. The molecule has 2 aromatic rings. The fraction of sp³-hybridized carbons (Fsp3) is 0.238. The van der Waals surface area contributed by atoms with Crippen LogP contribution in [0, 0.1) is 18.3 Å². The summed E-state index contributed by atoms with van der Waals surface area (Å²) in [7, 11) is 0. The zero-order valence-corrected chi connectivity index (χ0v) is 15.6. The van der Waals surface area contributed by atoms with Gasteiger partial charge in [0, 0.05) is 5.69 Å². The van der Waals surface area contributed by atoms with Crippen LogP contribution in [0.4, 0.5) is 24.5 Å². The van der Waals surface area contributed by atoms with Gasteiger partial charge in [0.15, 0.2) is 0 Å². The number of carbonyl (C=O) groups is 1. The highest BCUT2D eigenvalue weighted by Crippen LogP contribution is 2.42. The predicted octanol–water partition coefficient (Wildman–Crippen LogP) is 4.99. The third-order valence-electron chi connectivity index (χ3n) is 4.78. The van der Waals surface area contributed by atoms with Crippen LogP contribution in [0.1, 0.15) is 30.5 Å². The molecule has 1 saturated heterocycles. The molecular formula is C21H18F3N3O. The van der Waals surface area contributed by atoms with E-state index in [4.69, 9.17) is 5.26 Å². The average Bonchev–Trinajstić information content (AvgIpc) is 2.79. The molecule has 0 atom stereocenters. The molecule has 28 heavy (non-hydrogen) atoms. The van der Waals surface area contributed by atoms with Crippen molar-refractivity contribution in [1.82, 2.24) is 0 Å². The number of nitriles is 1. The van der Waals surface area contributed by atoms with E-state index in [1.807, 2.05) is 31.2 Å². The van der Waals surface area contributed by atoms with Crippen LogP contribution in [-0.4, -0.2) is 11.4 Å². The van der Waals surface area contributed by atoms with Gasteiger partial charge in [-0.2, -0.15) is 18.4 Å². The third-order valence-corrected chi connectivity index (χ3v) is 4.78. The summed E-state index contributed by atoms with van der Waals surface area (Å²) < 4.78 is 40.0. The Labute approximate surface area is 161 Å². The second-order valence-corrected chi connectivity index (χ2v) is 7.13. The van der Waals surface area contributed by atoms with E-state index in [0.717, 1.165) is 22.6 Å². The Kier molecular flexibility index (Phi) is 4.46. The quantitative estimate of drug-likeness (QED) is 0.732. The fourth-order valence-corrected chi connectivity index (χ4v) is 3.34. The SMILES string of the molecule is C=C1N(c2ccc(C#N)c(C(F)(F)F)c2)C(=O)C(C)(C)N1c1ccc(C)cc1. The van der Waals surface area contributed by atoms with Gasteiger partial charge in [-0.05, 0) is 51.1 Å². The molecule has 0 N–H and O–H groups in total. The van der Waals surface area contributed by atoms with Crippen molar-refractivity contribution in [2.45, 2.75) is 32.5 Å². The minimum absolute atomic E-state index is 0.0176. The minimum atomic E-state index is -4.71. The van der Waals surface area contributed by atoms with E-state index in [0.29, 0.717) is 5.69 Å². The van der Waals surface area contributed by atoms with Crippen LogP contribution in [-0.2, 0) is 11.0 Å². The Bertz CT molecular complexity index is 1000. The van der Waals surface area contributed by atoms with Crippen LogP contribution in [0.2, 0.25) is 0 Å². The van der Waals surface area contributed by atoms with Gasteiger partial charge in [0.1, 0.15) is 11.4 Å². The molecule has 1 fully saturated rings. The maximum absolute atomic E-state index is 13.3. The highest BCUT2D eigenvalue weighted by atomic mass is 19.4. The van der Waals surface area contributed by atoms with Gasteiger partial charge in [0.05, 0.1) is 22.9 Å². The van der Waals surface area contributed by atoms with Crippen LogP contribution >= 0.6 is 0 Å². The molecule has 0 aliphatic carbocycles. The lowest BCUT2D eigenvalue weighted by Gasteiger charge is -2.30. The Hall–Kier alpha value is -3.27. The van der Waals surface area contributed by atoms with Gasteiger partial charge in [-0.25, -0.2) is 0 Å². The van der Waals surface area contributed by atoms with E-state index in [2.05, 4.69) is 6.58 Å². The molecule has 7 heteroatoms. The van der Waals surface area contributed by atoms with Gasteiger partial charge in [-0.3, -0.25) is 9.69 Å². The first-order chi connectivity index (χ1) is 13.0. The van der Waals surface area contributed by atoms with Gasteiger partial charge in [0.25, 0.3) is 5.91 Å². The van der Waals surface area contributed by atoms with Crippen LogP contribution in [0.15, 0.2) is 54.9 Å². The summed E-state index contributed by atoms with van der Waals surface area (Å²) in [5.74, 6) is -0.160. The number of benzene rings is 2. The van der Waals surface area contributed by atoms with Crippen LogP contribution in [0.5, 0.6) is 0 Å². The Morgan fingerprint density at radius 2 is 1.64 bits per heavy atom. The maximum Gasteiger partial charge on any atom is 0.417 e. The molecule has 4 nitrogen and oxygen atoms in total. The first kappa shape index (κ1) is 19.5. The standard InChI is InChI=1S/C21H18F3N3O/c1-13-5-8-16(9-6-13)27-14(2)26(19(28)20(27,3)4)17-10-7-15(12-25)18(11-17)21(22,23)24/h5-11H,2H2,1,3-4H3. The third kappa shape index (κ3) is 3.01. The predicted molar refractivity (Wildman–Crippen MR) is 101 cm³/mol. The number of alkyl halides is 3. The Morgan fingerprint density at radius 1 is 1.07 bits per heavy atom.